The number of carbonyl (C=O) groups excluding carboxylic acids is 1. The van der Waals surface area contributed by atoms with Gasteiger partial charge in [-0.05, 0) is 37.7 Å². The lowest BCUT2D eigenvalue weighted by atomic mass is 10.3. The van der Waals surface area contributed by atoms with Crippen molar-refractivity contribution in [2.45, 2.75) is 30.1 Å². The Balaban J connectivity index is 2.40. The number of aromatic nitrogens is 4. The third-order valence-corrected chi connectivity index (χ3v) is 3.31. The summed E-state index contributed by atoms with van der Waals surface area (Å²) in [5, 5.41) is 7.37. The number of rotatable bonds is 4. The summed E-state index contributed by atoms with van der Waals surface area (Å²) in [6.45, 7) is 3.78. The minimum Gasteiger partial charge on any atom is -0.298 e. The lowest BCUT2D eigenvalue weighted by molar-refractivity contribution is 0.112. The van der Waals surface area contributed by atoms with Gasteiger partial charge >= 0.3 is 5.69 Å². The Hall–Kier alpha value is -1.89. The number of hydrogen-bond acceptors (Lipinski definition) is 5. The van der Waals surface area contributed by atoms with Crippen LogP contribution in [0.4, 0.5) is 0 Å². The van der Waals surface area contributed by atoms with Crippen molar-refractivity contribution in [2.24, 2.45) is 0 Å². The van der Waals surface area contributed by atoms with Crippen LogP contribution in [0, 0.1) is 0 Å². The second-order valence-electron chi connectivity index (χ2n) is 3.89. The number of hydrogen-bond donors (Lipinski definition) is 1. The molecule has 0 atom stereocenters. The zero-order valence-corrected chi connectivity index (χ0v) is 10.8. The van der Waals surface area contributed by atoms with Crippen LogP contribution in [0.5, 0.6) is 0 Å². The molecule has 0 aliphatic heterocycles. The summed E-state index contributed by atoms with van der Waals surface area (Å²) >= 11 is 1.19. The van der Waals surface area contributed by atoms with Crippen LogP contribution in [0.25, 0.3) is 0 Å². The smallest absolute Gasteiger partial charge is 0.298 e. The molecule has 2 aromatic heterocycles. The first-order valence-corrected chi connectivity index (χ1v) is 6.20. The van der Waals surface area contributed by atoms with Gasteiger partial charge in [-0.1, -0.05) is 0 Å². The first-order chi connectivity index (χ1) is 8.63. The van der Waals surface area contributed by atoms with Crippen LogP contribution in [-0.4, -0.2) is 26.0 Å². The fraction of sp³-hybridized carbons (Fsp3) is 0.273. The van der Waals surface area contributed by atoms with Gasteiger partial charge in [0.2, 0.25) is 0 Å². The Morgan fingerprint density at radius 2 is 2.28 bits per heavy atom. The second kappa shape index (κ2) is 5.18. The zero-order chi connectivity index (χ0) is 13.1. The predicted octanol–water partition coefficient (Wildman–Crippen LogP) is 1.51. The largest absolute Gasteiger partial charge is 0.344 e. The number of aromatic amines is 1. The molecular formula is C11H12N4O2S. The standard InChI is InChI=1S/C11H12N4O2S/c1-7(2)15-10(17)13-14-11(15)18-9-8(6-16)4-3-5-12-9/h3-7H,1-2H3,(H,13,17). The molecule has 0 bridgehead atoms. The van der Waals surface area contributed by atoms with Gasteiger partial charge in [-0.3, -0.25) is 9.36 Å². The molecule has 6 nitrogen and oxygen atoms in total. The average Bonchev–Trinajstić information content (AvgIpc) is 2.71. The number of pyridine rings is 1. The molecule has 0 saturated carbocycles. The van der Waals surface area contributed by atoms with Crippen LogP contribution in [0.3, 0.4) is 0 Å². The molecule has 2 heterocycles. The number of nitrogens with zero attached hydrogens (tertiary/aromatic N) is 3. The molecule has 1 N–H and O–H groups in total. The van der Waals surface area contributed by atoms with Crippen molar-refractivity contribution < 1.29 is 4.79 Å². The van der Waals surface area contributed by atoms with E-state index in [9.17, 15) is 9.59 Å². The van der Waals surface area contributed by atoms with Crippen molar-refractivity contribution >= 4 is 18.0 Å². The topological polar surface area (TPSA) is 80.6 Å². The van der Waals surface area contributed by atoms with Gasteiger partial charge in [-0.25, -0.2) is 14.9 Å². The molecule has 2 aromatic rings. The van der Waals surface area contributed by atoms with Crippen molar-refractivity contribution in [1.82, 2.24) is 19.7 Å². The Labute approximate surface area is 107 Å². The Morgan fingerprint density at radius 1 is 1.50 bits per heavy atom. The number of carbonyl (C=O) groups is 1. The van der Waals surface area contributed by atoms with Crippen LogP contribution in [0.15, 0.2) is 33.3 Å². The average molecular weight is 264 g/mol. The maximum atomic E-state index is 11.6. The van der Waals surface area contributed by atoms with E-state index in [0.29, 0.717) is 15.7 Å². The summed E-state index contributed by atoms with van der Waals surface area (Å²) in [6.07, 6.45) is 2.33. The van der Waals surface area contributed by atoms with Crippen LogP contribution in [0.1, 0.15) is 30.2 Å². The van der Waals surface area contributed by atoms with Crippen molar-refractivity contribution in [1.29, 1.82) is 0 Å². The fourth-order valence-corrected chi connectivity index (χ4v) is 2.49. The monoisotopic (exact) mass is 264 g/mol. The van der Waals surface area contributed by atoms with Gasteiger partial charge in [0.05, 0.1) is 0 Å². The maximum absolute atomic E-state index is 11.6. The van der Waals surface area contributed by atoms with E-state index >= 15 is 0 Å². The molecule has 0 aliphatic carbocycles. The molecule has 0 unspecified atom stereocenters. The minimum absolute atomic E-state index is 0.0119. The molecule has 0 aromatic carbocycles. The fourth-order valence-electron chi connectivity index (χ4n) is 1.48. The zero-order valence-electron chi connectivity index (χ0n) is 9.95. The molecule has 0 aliphatic rings. The molecule has 0 saturated heterocycles. The molecule has 0 fully saturated rings. The Bertz CT molecular complexity index is 618. The van der Waals surface area contributed by atoms with Gasteiger partial charge in [0.25, 0.3) is 0 Å². The highest BCUT2D eigenvalue weighted by Crippen LogP contribution is 2.26. The molecule has 7 heteroatoms. The minimum atomic E-state index is -0.268. The molecular weight excluding hydrogens is 252 g/mol. The van der Waals surface area contributed by atoms with Crippen molar-refractivity contribution in [3.05, 3.63) is 34.4 Å². The second-order valence-corrected chi connectivity index (χ2v) is 4.85. The number of H-pyrrole nitrogens is 1. The van der Waals surface area contributed by atoms with E-state index < -0.39 is 0 Å². The molecule has 0 radical (unpaired) electrons. The van der Waals surface area contributed by atoms with E-state index in [4.69, 9.17) is 0 Å². The Morgan fingerprint density at radius 3 is 2.94 bits per heavy atom. The van der Waals surface area contributed by atoms with Crippen molar-refractivity contribution in [3.8, 4) is 0 Å². The summed E-state index contributed by atoms with van der Waals surface area (Å²) < 4.78 is 1.52. The summed E-state index contributed by atoms with van der Waals surface area (Å²) in [5.41, 5.74) is 0.212. The number of aldehydes is 1. The van der Waals surface area contributed by atoms with E-state index in [1.165, 1.54) is 16.3 Å². The summed E-state index contributed by atoms with van der Waals surface area (Å²) in [4.78, 5) is 26.6. The van der Waals surface area contributed by atoms with Gasteiger partial charge < -0.3 is 0 Å². The summed E-state index contributed by atoms with van der Waals surface area (Å²) in [5.74, 6) is 0. The Kier molecular flexibility index (Phi) is 3.61. The molecule has 18 heavy (non-hydrogen) atoms. The molecule has 0 spiro atoms. The van der Waals surface area contributed by atoms with Crippen LogP contribution in [0.2, 0.25) is 0 Å². The predicted molar refractivity (Wildman–Crippen MR) is 67.0 cm³/mol. The highest BCUT2D eigenvalue weighted by Gasteiger charge is 2.14. The van der Waals surface area contributed by atoms with Crippen LogP contribution in [-0.2, 0) is 0 Å². The van der Waals surface area contributed by atoms with Gasteiger partial charge in [-0.15, -0.1) is 5.10 Å². The first-order valence-electron chi connectivity index (χ1n) is 5.38. The van der Waals surface area contributed by atoms with E-state index in [1.807, 2.05) is 13.8 Å². The highest BCUT2D eigenvalue weighted by atomic mass is 32.2. The molecule has 94 valence electrons. The van der Waals surface area contributed by atoms with Crippen LogP contribution >= 0.6 is 11.8 Å². The highest BCUT2D eigenvalue weighted by molar-refractivity contribution is 7.99. The summed E-state index contributed by atoms with van der Waals surface area (Å²) in [7, 11) is 0. The van der Waals surface area contributed by atoms with E-state index in [0.717, 1.165) is 6.29 Å². The quantitative estimate of drug-likeness (QED) is 0.847. The van der Waals surface area contributed by atoms with E-state index in [1.54, 1.807) is 18.3 Å². The SMILES string of the molecule is CC(C)n1c(Sc2ncccc2C=O)n[nH]c1=O. The lowest BCUT2D eigenvalue weighted by Crippen LogP contribution is -2.19. The van der Waals surface area contributed by atoms with Gasteiger partial charge in [-0.2, -0.15) is 0 Å². The lowest BCUT2D eigenvalue weighted by Gasteiger charge is -2.08. The van der Waals surface area contributed by atoms with E-state index in [2.05, 4.69) is 15.2 Å². The van der Waals surface area contributed by atoms with Crippen molar-refractivity contribution in [3.63, 3.8) is 0 Å². The maximum Gasteiger partial charge on any atom is 0.344 e. The molecule has 2 rings (SSSR count). The third kappa shape index (κ3) is 2.35. The normalized spacial score (nSPS) is 10.8. The molecule has 0 amide bonds. The number of nitrogens with one attached hydrogen (secondary N) is 1. The van der Waals surface area contributed by atoms with Crippen LogP contribution < -0.4 is 5.69 Å². The first kappa shape index (κ1) is 12.6. The third-order valence-electron chi connectivity index (χ3n) is 2.30. The van der Waals surface area contributed by atoms with Crippen molar-refractivity contribution in [2.75, 3.05) is 0 Å². The van der Waals surface area contributed by atoms with E-state index in [-0.39, 0.29) is 11.7 Å². The summed E-state index contributed by atoms with van der Waals surface area (Å²) in [6, 6.07) is 3.35. The van der Waals surface area contributed by atoms with Gasteiger partial charge in [0.1, 0.15) is 5.03 Å². The van der Waals surface area contributed by atoms with Gasteiger partial charge in [0, 0.05) is 17.8 Å². The van der Waals surface area contributed by atoms with Gasteiger partial charge in [0.15, 0.2) is 11.4 Å².